The maximum atomic E-state index is 8.57. The van der Waals surface area contributed by atoms with Crippen molar-refractivity contribution in [3.05, 3.63) is 248 Å². The van der Waals surface area contributed by atoms with E-state index in [1.165, 1.54) is 38.2 Å². The average Bonchev–Trinajstić information content (AvgIpc) is 3.68. The summed E-state index contributed by atoms with van der Waals surface area (Å²) >= 11 is 0. The Morgan fingerprint density at radius 3 is 1.49 bits per heavy atom. The molecule has 0 aliphatic carbocycles. The summed E-state index contributed by atoms with van der Waals surface area (Å²) < 4.78 is 8.00. The Kier molecular flexibility index (Phi) is 11.5. The number of nitrogens with zero attached hydrogens (tertiary/aromatic N) is 1. The van der Waals surface area contributed by atoms with E-state index in [1.54, 1.807) is 18.2 Å². The third-order valence-electron chi connectivity index (χ3n) is 11.4. The van der Waals surface area contributed by atoms with Crippen LogP contribution < -0.4 is 0 Å². The van der Waals surface area contributed by atoms with Crippen molar-refractivity contribution in [2.75, 3.05) is 0 Å². The number of aromatic nitrogens is 1. The summed E-state index contributed by atoms with van der Waals surface area (Å²) in [6, 6.07) is 73.7. The van der Waals surface area contributed by atoms with Gasteiger partial charge in [-0.05, 0) is 123 Å². The minimum absolute atomic E-state index is 0.0512. The van der Waals surface area contributed by atoms with Gasteiger partial charge in [0, 0.05) is 27.6 Å². The second-order valence-electron chi connectivity index (χ2n) is 15.2. The molecule has 4 nitrogen and oxygen atoms in total. The number of ether oxygens (including phenoxy) is 1. The van der Waals surface area contributed by atoms with Gasteiger partial charge in [-0.3, -0.25) is 10.8 Å². The van der Waals surface area contributed by atoms with Crippen molar-refractivity contribution in [3.8, 4) is 50.2 Å². The van der Waals surface area contributed by atoms with E-state index in [0.717, 1.165) is 44.6 Å². The minimum atomic E-state index is -0.0627. The van der Waals surface area contributed by atoms with Crippen LogP contribution in [0.5, 0.6) is 0 Å². The standard InChI is InChI=1S/C54H37N3O.C5H8/c55-53(38-15-3-1-4-16-38)58-54(56)39-28-26-37(27-29-39)44-21-9-11-23-47(44)48-24-12-10-22-46(48)41-31-33-52-50(35-41)49-34-40(45-25-13-17-36-14-7-8-20-43(36)45)30-32-51(49)57(52)42-18-5-2-6-19-42;1-3-5-4-2/h1-35,55-56H;3-5H,1H2,2H3/b;5-4-. The van der Waals surface area contributed by atoms with Gasteiger partial charge in [0.1, 0.15) is 0 Å². The molecule has 0 aliphatic rings. The lowest BCUT2D eigenvalue weighted by atomic mass is 9.89. The first-order valence-electron chi connectivity index (χ1n) is 21.1. The first-order chi connectivity index (χ1) is 31.0. The molecule has 10 rings (SSSR count). The van der Waals surface area contributed by atoms with Gasteiger partial charge in [-0.15, -0.1) is 0 Å². The Labute approximate surface area is 368 Å². The van der Waals surface area contributed by atoms with Crippen LogP contribution in [0, 0.1) is 10.8 Å². The van der Waals surface area contributed by atoms with Crippen LogP contribution in [-0.4, -0.2) is 16.4 Å². The van der Waals surface area contributed by atoms with Gasteiger partial charge in [-0.2, -0.15) is 0 Å². The maximum Gasteiger partial charge on any atom is 0.221 e. The van der Waals surface area contributed by atoms with Gasteiger partial charge in [0.05, 0.1) is 11.0 Å². The molecule has 9 aromatic carbocycles. The Balaban J connectivity index is 0.000000956. The van der Waals surface area contributed by atoms with E-state index in [2.05, 4.69) is 169 Å². The highest BCUT2D eigenvalue weighted by molar-refractivity contribution is 6.13. The molecule has 0 atom stereocenters. The fourth-order valence-electron chi connectivity index (χ4n) is 8.38. The molecule has 0 aliphatic heterocycles. The molecule has 0 bridgehead atoms. The topological polar surface area (TPSA) is 61.9 Å². The normalized spacial score (nSPS) is 11.1. The van der Waals surface area contributed by atoms with Crippen LogP contribution in [0.4, 0.5) is 0 Å². The Morgan fingerprint density at radius 2 is 0.905 bits per heavy atom. The summed E-state index contributed by atoms with van der Waals surface area (Å²) in [6.07, 6.45) is 5.58. The van der Waals surface area contributed by atoms with Crippen molar-refractivity contribution in [2.45, 2.75) is 6.92 Å². The number of hydrogen-bond donors (Lipinski definition) is 2. The van der Waals surface area contributed by atoms with Crippen molar-refractivity contribution in [3.63, 3.8) is 0 Å². The number of nitrogens with one attached hydrogen (secondary N) is 2. The van der Waals surface area contributed by atoms with E-state index in [4.69, 9.17) is 15.6 Å². The van der Waals surface area contributed by atoms with Crippen LogP contribution in [-0.2, 0) is 4.74 Å². The van der Waals surface area contributed by atoms with Crippen molar-refractivity contribution in [2.24, 2.45) is 0 Å². The Morgan fingerprint density at radius 1 is 0.444 bits per heavy atom. The number of allylic oxidation sites excluding steroid dienone is 3. The zero-order chi connectivity index (χ0) is 43.1. The maximum absolute atomic E-state index is 8.57. The number of rotatable bonds is 8. The van der Waals surface area contributed by atoms with Crippen molar-refractivity contribution >= 4 is 44.4 Å². The van der Waals surface area contributed by atoms with Gasteiger partial charge >= 0.3 is 0 Å². The molecule has 0 radical (unpaired) electrons. The smallest absolute Gasteiger partial charge is 0.221 e. The molecule has 2 N–H and O–H groups in total. The molecular formula is C59H45N3O. The minimum Gasteiger partial charge on any atom is -0.421 e. The molecule has 0 unspecified atom stereocenters. The third-order valence-corrected chi connectivity index (χ3v) is 11.4. The highest BCUT2D eigenvalue weighted by atomic mass is 16.5. The van der Waals surface area contributed by atoms with E-state index < -0.39 is 0 Å². The third kappa shape index (κ3) is 8.14. The fourth-order valence-corrected chi connectivity index (χ4v) is 8.38. The van der Waals surface area contributed by atoms with Crippen LogP contribution in [0.3, 0.4) is 0 Å². The average molecular weight is 812 g/mol. The summed E-state index contributed by atoms with van der Waals surface area (Å²) in [5.74, 6) is -0.114. The van der Waals surface area contributed by atoms with Crippen LogP contribution in [0.1, 0.15) is 18.1 Å². The van der Waals surface area contributed by atoms with Crippen molar-refractivity contribution in [1.29, 1.82) is 10.8 Å². The molecule has 0 saturated carbocycles. The summed E-state index contributed by atoms with van der Waals surface area (Å²) in [5, 5.41) is 21.8. The van der Waals surface area contributed by atoms with E-state index >= 15 is 0 Å². The lowest BCUT2D eigenvalue weighted by molar-refractivity contribution is 0.538. The molecule has 302 valence electrons. The van der Waals surface area contributed by atoms with E-state index in [1.807, 2.05) is 61.5 Å². The zero-order valence-corrected chi connectivity index (χ0v) is 35.0. The fraction of sp³-hybridized carbons (Fsp3) is 0.0169. The largest absolute Gasteiger partial charge is 0.421 e. The second-order valence-corrected chi connectivity index (χ2v) is 15.2. The van der Waals surface area contributed by atoms with Crippen LogP contribution in [0.25, 0.3) is 82.8 Å². The Bertz CT molecular complexity index is 3300. The quantitative estimate of drug-likeness (QED) is 0.0896. The molecule has 1 heterocycles. The van der Waals surface area contributed by atoms with Crippen molar-refractivity contribution < 1.29 is 4.74 Å². The molecule has 0 saturated heterocycles. The SMILES string of the molecule is C=C/C=C\C.N=C(OC(=N)c1ccc(-c2ccccc2-c2ccccc2-c2ccc3c(c2)c2cc(-c4cccc5ccccc45)ccc2n3-c2ccccc2)cc1)c1ccccc1. The molecular weight excluding hydrogens is 767 g/mol. The molecule has 63 heavy (non-hydrogen) atoms. The van der Waals surface area contributed by atoms with E-state index in [0.29, 0.717) is 11.1 Å². The highest BCUT2D eigenvalue weighted by Crippen LogP contribution is 2.42. The summed E-state index contributed by atoms with van der Waals surface area (Å²) in [6.45, 7) is 5.42. The Hall–Kier alpha value is -8.34. The molecule has 10 aromatic rings. The second kappa shape index (κ2) is 18.1. The van der Waals surface area contributed by atoms with Gasteiger partial charge < -0.3 is 9.30 Å². The lowest BCUT2D eigenvalue weighted by Crippen LogP contribution is -2.12. The van der Waals surface area contributed by atoms with Crippen LogP contribution in [0.15, 0.2) is 237 Å². The number of hydrogen-bond acceptors (Lipinski definition) is 3. The molecule has 0 fully saturated rings. The monoisotopic (exact) mass is 811 g/mol. The molecule has 1 aromatic heterocycles. The van der Waals surface area contributed by atoms with Gasteiger partial charge in [0.2, 0.25) is 11.8 Å². The summed E-state index contributed by atoms with van der Waals surface area (Å²) in [4.78, 5) is 0. The predicted molar refractivity (Wildman–Crippen MR) is 266 cm³/mol. The first kappa shape index (κ1) is 40.1. The number of para-hydroxylation sites is 1. The van der Waals surface area contributed by atoms with E-state index in [-0.39, 0.29) is 11.8 Å². The van der Waals surface area contributed by atoms with Crippen molar-refractivity contribution in [1.82, 2.24) is 4.57 Å². The first-order valence-corrected chi connectivity index (χ1v) is 21.1. The number of benzene rings is 9. The number of fused-ring (bicyclic) bond motifs is 4. The molecule has 0 spiro atoms. The zero-order valence-electron chi connectivity index (χ0n) is 35.0. The molecule has 0 amide bonds. The lowest BCUT2D eigenvalue weighted by Gasteiger charge is -2.15. The van der Waals surface area contributed by atoms with Crippen LogP contribution in [0.2, 0.25) is 0 Å². The van der Waals surface area contributed by atoms with Gasteiger partial charge in [-0.1, -0.05) is 176 Å². The van der Waals surface area contributed by atoms with E-state index in [9.17, 15) is 0 Å². The van der Waals surface area contributed by atoms with Crippen LogP contribution >= 0.6 is 0 Å². The summed E-state index contributed by atoms with van der Waals surface area (Å²) in [7, 11) is 0. The van der Waals surface area contributed by atoms with Gasteiger partial charge in [0.25, 0.3) is 0 Å². The summed E-state index contributed by atoms with van der Waals surface area (Å²) in [5.41, 5.74) is 13.8. The van der Waals surface area contributed by atoms with Gasteiger partial charge in [-0.25, -0.2) is 0 Å². The predicted octanol–water partition coefficient (Wildman–Crippen LogP) is 15.7. The highest BCUT2D eigenvalue weighted by Gasteiger charge is 2.18. The molecule has 4 heteroatoms. The van der Waals surface area contributed by atoms with Gasteiger partial charge in [0.15, 0.2) is 0 Å².